The summed E-state index contributed by atoms with van der Waals surface area (Å²) in [6.45, 7) is 1.16. The minimum atomic E-state index is -1.75. The van der Waals surface area contributed by atoms with Crippen molar-refractivity contribution >= 4 is 24.4 Å². The van der Waals surface area contributed by atoms with Gasteiger partial charge in [-0.1, -0.05) is 0 Å². The topological polar surface area (TPSA) is 80.4 Å². The van der Waals surface area contributed by atoms with Gasteiger partial charge in [0, 0.05) is 0 Å². The van der Waals surface area contributed by atoms with Crippen LogP contribution in [0.15, 0.2) is 0 Å². The summed E-state index contributed by atoms with van der Waals surface area (Å²) in [6.07, 6.45) is 0.0563. The van der Waals surface area contributed by atoms with E-state index in [4.69, 9.17) is 10.8 Å². The van der Waals surface area contributed by atoms with Crippen LogP contribution in [0.5, 0.6) is 0 Å². The normalized spacial score (nSPS) is 15.5. The number of rotatable bonds is 4. The number of thiol groups is 1. The molecule has 0 spiro atoms. The number of carboxylic acids is 1. The van der Waals surface area contributed by atoms with Gasteiger partial charge >= 0.3 is 5.97 Å². The van der Waals surface area contributed by atoms with Crippen molar-refractivity contribution in [2.75, 3.05) is 5.75 Å². The number of carbonyl (C=O) groups is 2. The average Bonchev–Trinajstić information content (AvgIpc) is 1.87. The molecule has 0 saturated carbocycles. The lowest BCUT2D eigenvalue weighted by Gasteiger charge is -2.19. The summed E-state index contributed by atoms with van der Waals surface area (Å²) >= 11 is 3.81. The van der Waals surface area contributed by atoms with Crippen LogP contribution in [0, 0.1) is 0 Å². The van der Waals surface area contributed by atoms with Crippen molar-refractivity contribution in [2.24, 2.45) is 5.73 Å². The van der Waals surface area contributed by atoms with E-state index < -0.39 is 17.3 Å². The Kier molecular flexibility index (Phi) is 3.54. The first-order valence-corrected chi connectivity index (χ1v) is 3.72. The summed E-state index contributed by atoms with van der Waals surface area (Å²) < 4.78 is 0. The first-order valence-electron chi connectivity index (χ1n) is 3.09. The van der Waals surface area contributed by atoms with Gasteiger partial charge in [-0.3, -0.25) is 4.79 Å². The number of hydrogen-bond donors (Lipinski definition) is 3. The minimum absolute atomic E-state index is 0.0563. The van der Waals surface area contributed by atoms with E-state index in [0.29, 0.717) is 0 Å². The smallest absolute Gasteiger partial charge is 0.331 e. The van der Waals surface area contributed by atoms with Crippen LogP contribution in [0.4, 0.5) is 0 Å². The van der Waals surface area contributed by atoms with E-state index in [1.165, 1.54) is 0 Å². The summed E-state index contributed by atoms with van der Waals surface area (Å²) in [4.78, 5) is 21.2. The first kappa shape index (κ1) is 10.4. The van der Waals surface area contributed by atoms with Crippen LogP contribution in [0.25, 0.3) is 0 Å². The molecule has 0 aliphatic carbocycles. The summed E-state index contributed by atoms with van der Waals surface area (Å²) in [6, 6.07) is 0. The van der Waals surface area contributed by atoms with Gasteiger partial charge in [-0.15, -0.1) is 0 Å². The number of carbonyl (C=O) groups excluding carboxylic acids is 1. The maximum Gasteiger partial charge on any atom is 0.331 e. The molecule has 11 heavy (non-hydrogen) atoms. The van der Waals surface area contributed by atoms with Crippen molar-refractivity contribution in [1.29, 1.82) is 0 Å². The molecule has 0 amide bonds. The van der Waals surface area contributed by atoms with E-state index >= 15 is 0 Å². The second kappa shape index (κ2) is 3.73. The molecule has 0 rings (SSSR count). The Hall–Kier alpha value is -0.550. The highest BCUT2D eigenvalue weighted by atomic mass is 32.1. The van der Waals surface area contributed by atoms with Crippen molar-refractivity contribution in [3.8, 4) is 0 Å². The maximum atomic E-state index is 10.8. The number of Topliss-reactive ketones (excluding diaryl/α,β-unsaturated/α-hetero) is 1. The summed E-state index contributed by atoms with van der Waals surface area (Å²) in [7, 11) is 0. The first-order chi connectivity index (χ1) is 4.95. The van der Waals surface area contributed by atoms with Gasteiger partial charge in [0.1, 0.15) is 0 Å². The molecule has 0 aliphatic heterocycles. The third-order valence-corrected chi connectivity index (χ3v) is 1.74. The molecule has 5 heteroatoms. The monoisotopic (exact) mass is 177 g/mol. The zero-order valence-corrected chi connectivity index (χ0v) is 7.10. The standard InChI is InChI=1S/C6H11NO3S/c1-4(8)6(7,2-3-11)5(9)10/h11H,2-3,7H2,1H3,(H,9,10)/t6-/m1/s1. The van der Waals surface area contributed by atoms with Crippen molar-refractivity contribution in [3.05, 3.63) is 0 Å². The Balaban J connectivity index is 4.52. The Morgan fingerprint density at radius 2 is 2.09 bits per heavy atom. The number of hydrogen-bond acceptors (Lipinski definition) is 4. The van der Waals surface area contributed by atoms with Gasteiger partial charge < -0.3 is 10.8 Å². The molecule has 0 radical (unpaired) electrons. The molecule has 4 nitrogen and oxygen atoms in total. The van der Waals surface area contributed by atoms with Crippen molar-refractivity contribution in [1.82, 2.24) is 0 Å². The lowest BCUT2D eigenvalue weighted by Crippen LogP contribution is -2.54. The minimum Gasteiger partial charge on any atom is -0.480 e. The van der Waals surface area contributed by atoms with Gasteiger partial charge in [-0.05, 0) is 19.1 Å². The van der Waals surface area contributed by atoms with Gasteiger partial charge in [-0.2, -0.15) is 12.6 Å². The third-order valence-electron chi connectivity index (χ3n) is 1.52. The van der Waals surface area contributed by atoms with E-state index in [-0.39, 0.29) is 12.2 Å². The maximum absolute atomic E-state index is 10.8. The molecule has 0 aromatic rings. The zero-order chi connectivity index (χ0) is 9.07. The molecule has 0 bridgehead atoms. The van der Waals surface area contributed by atoms with E-state index in [0.717, 1.165) is 6.92 Å². The molecular formula is C6H11NO3S. The lowest BCUT2D eigenvalue weighted by molar-refractivity contribution is -0.147. The van der Waals surface area contributed by atoms with Crippen LogP contribution in [-0.2, 0) is 9.59 Å². The summed E-state index contributed by atoms with van der Waals surface area (Å²) in [5, 5.41) is 8.55. The SMILES string of the molecule is CC(=O)[C@](N)(CCS)C(=O)O. The number of carboxylic acid groups (broad SMARTS) is 1. The van der Waals surface area contributed by atoms with Crippen LogP contribution in [0.3, 0.4) is 0 Å². The molecule has 0 unspecified atom stereocenters. The predicted molar refractivity (Wildman–Crippen MR) is 43.7 cm³/mol. The second-order valence-corrected chi connectivity index (χ2v) is 2.75. The van der Waals surface area contributed by atoms with Crippen LogP contribution in [0.2, 0.25) is 0 Å². The summed E-state index contributed by atoms with van der Waals surface area (Å²) in [5.41, 5.74) is 3.55. The van der Waals surface area contributed by atoms with E-state index in [2.05, 4.69) is 12.6 Å². The van der Waals surface area contributed by atoms with Crippen molar-refractivity contribution in [2.45, 2.75) is 18.9 Å². The van der Waals surface area contributed by atoms with Crippen molar-refractivity contribution < 1.29 is 14.7 Å². The fourth-order valence-corrected chi connectivity index (χ4v) is 0.963. The fourth-order valence-electron chi connectivity index (χ4n) is 0.610. The van der Waals surface area contributed by atoms with Gasteiger partial charge in [0.25, 0.3) is 0 Å². The highest BCUT2D eigenvalue weighted by Crippen LogP contribution is 2.09. The van der Waals surface area contributed by atoms with Crippen LogP contribution in [-0.4, -0.2) is 28.2 Å². The van der Waals surface area contributed by atoms with E-state index in [1.807, 2.05) is 0 Å². The summed E-state index contributed by atoms with van der Waals surface area (Å²) in [5.74, 6) is -1.55. The van der Waals surface area contributed by atoms with Gasteiger partial charge in [0.2, 0.25) is 0 Å². The lowest BCUT2D eigenvalue weighted by atomic mass is 9.93. The largest absolute Gasteiger partial charge is 0.480 e. The molecule has 64 valence electrons. The average molecular weight is 177 g/mol. The number of aliphatic carboxylic acids is 1. The highest BCUT2D eigenvalue weighted by molar-refractivity contribution is 7.80. The molecule has 0 aliphatic rings. The fraction of sp³-hybridized carbons (Fsp3) is 0.667. The Morgan fingerprint density at radius 1 is 1.64 bits per heavy atom. The van der Waals surface area contributed by atoms with Gasteiger partial charge in [0.05, 0.1) is 0 Å². The Morgan fingerprint density at radius 3 is 2.18 bits per heavy atom. The van der Waals surface area contributed by atoms with Crippen LogP contribution >= 0.6 is 12.6 Å². The molecule has 0 aromatic carbocycles. The molecule has 0 fully saturated rings. The second-order valence-electron chi connectivity index (χ2n) is 2.31. The molecule has 0 saturated heterocycles. The zero-order valence-electron chi connectivity index (χ0n) is 6.20. The van der Waals surface area contributed by atoms with E-state index in [9.17, 15) is 9.59 Å². The number of ketones is 1. The molecule has 0 heterocycles. The Labute approximate surface area is 70.2 Å². The van der Waals surface area contributed by atoms with Crippen molar-refractivity contribution in [3.63, 3.8) is 0 Å². The van der Waals surface area contributed by atoms with Gasteiger partial charge in [-0.25, -0.2) is 4.79 Å². The van der Waals surface area contributed by atoms with Gasteiger partial charge in [0.15, 0.2) is 11.3 Å². The quantitative estimate of drug-likeness (QED) is 0.406. The molecule has 0 aromatic heterocycles. The molecular weight excluding hydrogens is 166 g/mol. The van der Waals surface area contributed by atoms with E-state index in [1.54, 1.807) is 0 Å². The van der Waals surface area contributed by atoms with Crippen LogP contribution < -0.4 is 5.73 Å². The highest BCUT2D eigenvalue weighted by Gasteiger charge is 2.38. The number of nitrogens with two attached hydrogens (primary N) is 1. The molecule has 1 atom stereocenters. The predicted octanol–water partition coefficient (Wildman–Crippen LogP) is -0.323. The van der Waals surface area contributed by atoms with Crippen LogP contribution in [0.1, 0.15) is 13.3 Å². The third kappa shape index (κ3) is 2.20. The Bertz CT molecular complexity index is 167. The molecule has 3 N–H and O–H groups in total.